The number of likely N-dealkylation sites (N-methyl/N-ethyl adjacent to an activating group) is 1. The van der Waals surface area contributed by atoms with Crippen LogP contribution in [0.15, 0.2) is 0 Å². The van der Waals surface area contributed by atoms with Crippen LogP contribution in [-0.2, 0) is 0 Å². The third-order valence-electron chi connectivity index (χ3n) is 2.12. The minimum atomic E-state index is -0.0242. The monoisotopic (exact) mass is 172 g/mol. The van der Waals surface area contributed by atoms with E-state index in [0.717, 1.165) is 25.4 Å². The number of hydrogen-bond acceptors (Lipinski definition) is 2. The highest BCUT2D eigenvalue weighted by Crippen LogP contribution is 2.07. The molecule has 2 N–H and O–H groups in total. The van der Waals surface area contributed by atoms with Crippen LogP contribution in [0.3, 0.4) is 0 Å². The Kier molecular flexibility index (Phi) is 4.80. The second-order valence-electron chi connectivity index (χ2n) is 4.60. The molecule has 0 aromatic heterocycles. The Hall–Kier alpha value is -0.0800. The van der Waals surface area contributed by atoms with Crippen LogP contribution in [0.25, 0.3) is 0 Å². The molecule has 74 valence electrons. The molecule has 0 aromatic carbocycles. The fourth-order valence-corrected chi connectivity index (χ4v) is 1.42. The van der Waals surface area contributed by atoms with Crippen molar-refractivity contribution in [1.82, 2.24) is 4.90 Å². The summed E-state index contributed by atoms with van der Waals surface area (Å²) < 4.78 is 0. The van der Waals surface area contributed by atoms with E-state index in [1.54, 1.807) is 0 Å². The van der Waals surface area contributed by atoms with Crippen molar-refractivity contribution in [2.24, 2.45) is 11.7 Å². The zero-order valence-electron chi connectivity index (χ0n) is 9.22. The molecule has 0 rings (SSSR count). The number of nitrogens with two attached hydrogens (primary N) is 1. The van der Waals surface area contributed by atoms with Gasteiger partial charge in [-0.1, -0.05) is 20.8 Å². The number of nitrogens with zero attached hydrogens (tertiary/aromatic N) is 1. The van der Waals surface area contributed by atoms with Gasteiger partial charge in [0.05, 0.1) is 0 Å². The lowest BCUT2D eigenvalue weighted by Crippen LogP contribution is -2.46. The molecule has 0 aliphatic heterocycles. The van der Waals surface area contributed by atoms with Crippen molar-refractivity contribution in [2.45, 2.75) is 39.7 Å². The van der Waals surface area contributed by atoms with E-state index in [4.69, 9.17) is 5.73 Å². The third-order valence-corrected chi connectivity index (χ3v) is 2.12. The third kappa shape index (κ3) is 5.56. The summed E-state index contributed by atoms with van der Waals surface area (Å²) >= 11 is 0. The maximum Gasteiger partial charge on any atom is 0.0252 e. The molecule has 1 atom stereocenters. The van der Waals surface area contributed by atoms with Crippen molar-refractivity contribution in [3.8, 4) is 0 Å². The van der Waals surface area contributed by atoms with Crippen LogP contribution >= 0.6 is 0 Å². The Morgan fingerprint density at radius 3 is 2.25 bits per heavy atom. The summed E-state index contributed by atoms with van der Waals surface area (Å²) in [6, 6.07) is 0. The Morgan fingerprint density at radius 1 is 1.42 bits per heavy atom. The minimum Gasteiger partial charge on any atom is -0.324 e. The molecule has 2 nitrogen and oxygen atoms in total. The molecule has 0 aromatic rings. The zero-order chi connectivity index (χ0) is 9.78. The second-order valence-corrected chi connectivity index (χ2v) is 4.60. The predicted molar refractivity (Wildman–Crippen MR) is 55.2 cm³/mol. The zero-order valence-corrected chi connectivity index (χ0v) is 9.22. The molecular weight excluding hydrogens is 148 g/mol. The van der Waals surface area contributed by atoms with E-state index in [1.807, 2.05) is 0 Å². The van der Waals surface area contributed by atoms with Gasteiger partial charge in [-0.25, -0.2) is 0 Å². The number of rotatable bonds is 5. The molecule has 0 bridgehead atoms. The summed E-state index contributed by atoms with van der Waals surface area (Å²) in [4.78, 5) is 2.31. The quantitative estimate of drug-likeness (QED) is 0.684. The first-order chi connectivity index (χ1) is 5.37. The van der Waals surface area contributed by atoms with Gasteiger partial charge in [0.25, 0.3) is 0 Å². The lowest BCUT2D eigenvalue weighted by molar-refractivity contribution is 0.231. The topological polar surface area (TPSA) is 29.3 Å². The molecule has 0 fully saturated rings. The van der Waals surface area contributed by atoms with E-state index in [0.29, 0.717) is 0 Å². The largest absolute Gasteiger partial charge is 0.324 e. The Bertz CT molecular complexity index is 119. The Morgan fingerprint density at radius 2 is 1.92 bits per heavy atom. The maximum atomic E-state index is 6.05. The van der Waals surface area contributed by atoms with Crippen molar-refractivity contribution >= 4 is 0 Å². The Labute approximate surface area is 77.1 Å². The summed E-state index contributed by atoms with van der Waals surface area (Å²) in [6.45, 7) is 10.8. The molecule has 2 heteroatoms. The van der Waals surface area contributed by atoms with Gasteiger partial charge in [0.1, 0.15) is 0 Å². The van der Waals surface area contributed by atoms with Crippen LogP contribution in [0, 0.1) is 5.92 Å². The van der Waals surface area contributed by atoms with E-state index in [-0.39, 0.29) is 5.54 Å². The van der Waals surface area contributed by atoms with Gasteiger partial charge in [0.15, 0.2) is 0 Å². The van der Waals surface area contributed by atoms with Gasteiger partial charge in [-0.2, -0.15) is 0 Å². The van der Waals surface area contributed by atoms with Crippen LogP contribution in [0.5, 0.6) is 0 Å². The van der Waals surface area contributed by atoms with Crippen molar-refractivity contribution in [2.75, 3.05) is 20.1 Å². The van der Waals surface area contributed by atoms with Crippen molar-refractivity contribution in [1.29, 1.82) is 0 Å². The summed E-state index contributed by atoms with van der Waals surface area (Å²) in [5.74, 6) is 0.725. The van der Waals surface area contributed by atoms with Gasteiger partial charge >= 0.3 is 0 Å². The summed E-state index contributed by atoms with van der Waals surface area (Å²) in [5.41, 5.74) is 6.03. The molecule has 1 unspecified atom stereocenters. The lowest BCUT2D eigenvalue weighted by Gasteiger charge is -2.30. The van der Waals surface area contributed by atoms with E-state index < -0.39 is 0 Å². The highest BCUT2D eigenvalue weighted by atomic mass is 15.1. The first kappa shape index (κ1) is 11.9. The first-order valence-electron chi connectivity index (χ1n) is 4.85. The molecular formula is C10H24N2. The fraction of sp³-hybridized carbons (Fsp3) is 1.00. The molecule has 0 spiro atoms. The highest BCUT2D eigenvalue weighted by Gasteiger charge is 2.17. The van der Waals surface area contributed by atoms with Crippen LogP contribution in [0.2, 0.25) is 0 Å². The smallest absolute Gasteiger partial charge is 0.0252 e. The van der Waals surface area contributed by atoms with E-state index >= 15 is 0 Å². The molecule has 0 radical (unpaired) electrons. The van der Waals surface area contributed by atoms with Crippen LogP contribution in [0.4, 0.5) is 0 Å². The average molecular weight is 172 g/mol. The standard InChI is InChI=1S/C10H24N2/c1-6-10(4,11)8-12(5)7-9(2)3/h9H,6-8,11H2,1-5H3. The highest BCUT2D eigenvalue weighted by molar-refractivity contribution is 4.80. The normalized spacial score (nSPS) is 17.0. The summed E-state index contributed by atoms with van der Waals surface area (Å²) in [7, 11) is 2.14. The van der Waals surface area contributed by atoms with E-state index in [9.17, 15) is 0 Å². The first-order valence-corrected chi connectivity index (χ1v) is 4.85. The summed E-state index contributed by atoms with van der Waals surface area (Å²) in [5, 5.41) is 0. The van der Waals surface area contributed by atoms with E-state index in [1.165, 1.54) is 0 Å². The van der Waals surface area contributed by atoms with Gasteiger partial charge in [0.2, 0.25) is 0 Å². The molecule has 0 saturated carbocycles. The van der Waals surface area contributed by atoms with Gasteiger partial charge < -0.3 is 10.6 Å². The van der Waals surface area contributed by atoms with E-state index in [2.05, 4.69) is 39.6 Å². The molecule has 0 amide bonds. The fourth-order valence-electron chi connectivity index (χ4n) is 1.42. The molecule has 0 saturated heterocycles. The average Bonchev–Trinajstić information content (AvgIpc) is 1.84. The second kappa shape index (κ2) is 4.83. The predicted octanol–water partition coefficient (Wildman–Crippen LogP) is 1.70. The lowest BCUT2D eigenvalue weighted by atomic mass is 10.00. The van der Waals surface area contributed by atoms with Crippen LogP contribution in [-0.4, -0.2) is 30.6 Å². The van der Waals surface area contributed by atoms with Crippen LogP contribution < -0.4 is 5.73 Å². The molecule has 0 heterocycles. The molecule has 0 aliphatic carbocycles. The van der Waals surface area contributed by atoms with Gasteiger partial charge in [-0.3, -0.25) is 0 Å². The maximum absolute atomic E-state index is 6.05. The van der Waals surface area contributed by atoms with Crippen molar-refractivity contribution < 1.29 is 0 Å². The summed E-state index contributed by atoms with van der Waals surface area (Å²) in [6.07, 6.45) is 1.04. The Balaban J connectivity index is 3.75. The number of hydrogen-bond donors (Lipinski definition) is 1. The van der Waals surface area contributed by atoms with Gasteiger partial charge in [-0.15, -0.1) is 0 Å². The van der Waals surface area contributed by atoms with Crippen molar-refractivity contribution in [3.05, 3.63) is 0 Å². The minimum absolute atomic E-state index is 0.0242. The van der Waals surface area contributed by atoms with Gasteiger partial charge in [0, 0.05) is 18.6 Å². The molecule has 0 aliphatic rings. The van der Waals surface area contributed by atoms with Crippen LogP contribution in [0.1, 0.15) is 34.1 Å². The van der Waals surface area contributed by atoms with Gasteiger partial charge in [-0.05, 0) is 26.3 Å². The molecule has 12 heavy (non-hydrogen) atoms. The van der Waals surface area contributed by atoms with Crippen molar-refractivity contribution in [3.63, 3.8) is 0 Å². The SMILES string of the molecule is CCC(C)(N)CN(C)CC(C)C.